The molecule has 0 saturated carbocycles. The molecular formula is C14H19BrN2O. The van der Waals surface area contributed by atoms with Gasteiger partial charge in [-0.05, 0) is 38.4 Å². The number of benzene rings is 1. The predicted molar refractivity (Wildman–Crippen MR) is 76.3 cm³/mol. The van der Waals surface area contributed by atoms with E-state index in [1.54, 1.807) is 0 Å². The smallest absolute Gasteiger partial charge is 0.225 e. The third-order valence-electron chi connectivity index (χ3n) is 3.59. The van der Waals surface area contributed by atoms with Crippen molar-refractivity contribution < 1.29 is 4.79 Å². The molecule has 18 heavy (non-hydrogen) atoms. The number of hydrogen-bond acceptors (Lipinski definition) is 2. The molecule has 1 aliphatic rings. The van der Waals surface area contributed by atoms with Crippen LogP contribution in [-0.4, -0.2) is 18.5 Å². The summed E-state index contributed by atoms with van der Waals surface area (Å²) in [6, 6.07) is 8.30. The van der Waals surface area contributed by atoms with Crippen LogP contribution < -0.4 is 10.6 Å². The van der Waals surface area contributed by atoms with Gasteiger partial charge in [-0.1, -0.05) is 34.1 Å². The molecule has 2 N–H and O–H groups in total. The molecule has 1 aromatic rings. The molecule has 1 amide bonds. The molecule has 0 aromatic heterocycles. The van der Waals surface area contributed by atoms with E-state index in [1.165, 1.54) is 0 Å². The maximum atomic E-state index is 12.2. The molecule has 0 spiro atoms. The third kappa shape index (κ3) is 2.93. The lowest BCUT2D eigenvalue weighted by Gasteiger charge is -2.20. The molecule has 1 aromatic carbocycles. The van der Waals surface area contributed by atoms with Crippen LogP contribution >= 0.6 is 15.9 Å². The number of nitrogens with one attached hydrogen (secondary N) is 2. The van der Waals surface area contributed by atoms with Crippen molar-refractivity contribution in [2.75, 3.05) is 6.54 Å². The molecule has 0 bridgehead atoms. The highest BCUT2D eigenvalue weighted by atomic mass is 79.9. The minimum atomic E-state index is 0.0286. The van der Waals surface area contributed by atoms with E-state index >= 15 is 0 Å². The lowest BCUT2D eigenvalue weighted by Crippen LogP contribution is -2.37. The second-order valence-corrected chi connectivity index (χ2v) is 5.74. The summed E-state index contributed by atoms with van der Waals surface area (Å²) in [6.07, 6.45) is 0.926. The van der Waals surface area contributed by atoms with Crippen molar-refractivity contribution >= 4 is 21.8 Å². The maximum Gasteiger partial charge on any atom is 0.225 e. The van der Waals surface area contributed by atoms with Crippen molar-refractivity contribution in [2.45, 2.75) is 32.4 Å². The third-order valence-corrected chi connectivity index (χ3v) is 4.31. The van der Waals surface area contributed by atoms with Crippen LogP contribution in [0.3, 0.4) is 0 Å². The Morgan fingerprint density at radius 1 is 1.50 bits per heavy atom. The van der Waals surface area contributed by atoms with Crippen LogP contribution in [-0.2, 0) is 4.79 Å². The zero-order valence-corrected chi connectivity index (χ0v) is 12.3. The fraction of sp³-hybridized carbons (Fsp3) is 0.500. The zero-order chi connectivity index (χ0) is 13.1. The average Bonchev–Trinajstić information content (AvgIpc) is 2.76. The molecule has 98 valence electrons. The zero-order valence-electron chi connectivity index (χ0n) is 10.7. The van der Waals surface area contributed by atoms with Crippen molar-refractivity contribution in [3.63, 3.8) is 0 Å². The molecule has 0 radical (unpaired) electrons. The monoisotopic (exact) mass is 310 g/mol. The highest BCUT2D eigenvalue weighted by Crippen LogP contribution is 2.24. The Bertz CT molecular complexity index is 436. The van der Waals surface area contributed by atoms with Gasteiger partial charge >= 0.3 is 0 Å². The van der Waals surface area contributed by atoms with Gasteiger partial charge in [0.05, 0.1) is 12.0 Å². The van der Waals surface area contributed by atoms with Gasteiger partial charge in [0.25, 0.3) is 0 Å². The van der Waals surface area contributed by atoms with Crippen LogP contribution in [0, 0.1) is 5.92 Å². The van der Waals surface area contributed by atoms with Crippen molar-refractivity contribution in [3.8, 4) is 0 Å². The summed E-state index contributed by atoms with van der Waals surface area (Å²) >= 11 is 3.52. The summed E-state index contributed by atoms with van der Waals surface area (Å²) < 4.78 is 1.04. The minimum absolute atomic E-state index is 0.0286. The Balaban J connectivity index is 2.01. The Labute approximate surface area is 116 Å². The molecule has 4 heteroatoms. The van der Waals surface area contributed by atoms with Gasteiger partial charge < -0.3 is 10.6 Å². The normalized spacial score (nSPS) is 24.8. The van der Waals surface area contributed by atoms with E-state index in [2.05, 4.69) is 33.5 Å². The summed E-state index contributed by atoms with van der Waals surface area (Å²) in [4.78, 5) is 12.2. The van der Waals surface area contributed by atoms with Crippen LogP contribution in [0.2, 0.25) is 0 Å². The second-order valence-electron chi connectivity index (χ2n) is 4.89. The lowest BCUT2D eigenvalue weighted by molar-refractivity contribution is -0.125. The van der Waals surface area contributed by atoms with E-state index in [0.29, 0.717) is 0 Å². The molecule has 1 saturated heterocycles. The molecule has 1 heterocycles. The number of carbonyl (C=O) groups is 1. The molecule has 1 fully saturated rings. The van der Waals surface area contributed by atoms with Crippen LogP contribution in [0.1, 0.15) is 31.9 Å². The topological polar surface area (TPSA) is 41.1 Å². The molecule has 2 rings (SSSR count). The summed E-state index contributed by atoms with van der Waals surface area (Å²) in [5, 5.41) is 6.41. The standard InChI is InChI=1S/C14H19BrN2O/c1-9-12(7-8-16-9)14(18)17-10(2)11-5-3-4-6-13(11)15/h3-6,9-10,12,16H,7-8H2,1-2H3,(H,17,18)/t9?,10-,12?/m0/s1. The van der Waals surface area contributed by atoms with Gasteiger partial charge in [0.2, 0.25) is 5.91 Å². The van der Waals surface area contributed by atoms with Gasteiger partial charge in [0.15, 0.2) is 0 Å². The van der Waals surface area contributed by atoms with E-state index in [0.717, 1.165) is 23.0 Å². The number of halogens is 1. The molecule has 3 nitrogen and oxygen atoms in total. The first-order chi connectivity index (χ1) is 8.59. The average molecular weight is 311 g/mol. The van der Waals surface area contributed by atoms with E-state index in [9.17, 15) is 4.79 Å². The summed E-state index contributed by atoms with van der Waals surface area (Å²) in [7, 11) is 0. The van der Waals surface area contributed by atoms with E-state index in [-0.39, 0.29) is 23.9 Å². The predicted octanol–water partition coefficient (Wildman–Crippen LogP) is 2.62. The summed E-state index contributed by atoms with van der Waals surface area (Å²) in [5.41, 5.74) is 1.12. The number of hydrogen-bond donors (Lipinski definition) is 2. The van der Waals surface area contributed by atoms with Gasteiger partial charge in [-0.25, -0.2) is 0 Å². The Kier molecular flexibility index (Phi) is 4.40. The summed E-state index contributed by atoms with van der Waals surface area (Å²) in [5.74, 6) is 0.241. The van der Waals surface area contributed by atoms with E-state index < -0.39 is 0 Å². The molecule has 0 aliphatic carbocycles. The van der Waals surface area contributed by atoms with Crippen LogP contribution in [0.5, 0.6) is 0 Å². The Hall–Kier alpha value is -0.870. The molecule has 3 atom stereocenters. The molecule has 1 aliphatic heterocycles. The van der Waals surface area contributed by atoms with Crippen molar-refractivity contribution in [3.05, 3.63) is 34.3 Å². The Morgan fingerprint density at radius 3 is 2.83 bits per heavy atom. The minimum Gasteiger partial charge on any atom is -0.349 e. The van der Waals surface area contributed by atoms with Crippen molar-refractivity contribution in [2.24, 2.45) is 5.92 Å². The van der Waals surface area contributed by atoms with Gasteiger partial charge in [0.1, 0.15) is 0 Å². The number of carbonyl (C=O) groups excluding carboxylic acids is 1. The molecular weight excluding hydrogens is 292 g/mol. The first-order valence-electron chi connectivity index (χ1n) is 6.37. The van der Waals surface area contributed by atoms with Gasteiger partial charge in [-0.2, -0.15) is 0 Å². The first kappa shape index (κ1) is 13.6. The summed E-state index contributed by atoms with van der Waals surface area (Å²) in [6.45, 7) is 5.02. The van der Waals surface area contributed by atoms with Crippen LogP contribution in [0.25, 0.3) is 0 Å². The van der Waals surface area contributed by atoms with E-state index in [1.807, 2.05) is 31.2 Å². The van der Waals surface area contributed by atoms with Gasteiger partial charge in [0, 0.05) is 10.5 Å². The number of rotatable bonds is 3. The SMILES string of the molecule is CC1NCCC1C(=O)N[C@@H](C)c1ccccc1Br. The molecule has 2 unspecified atom stereocenters. The highest BCUT2D eigenvalue weighted by molar-refractivity contribution is 9.10. The maximum absolute atomic E-state index is 12.2. The second kappa shape index (κ2) is 5.85. The quantitative estimate of drug-likeness (QED) is 0.901. The fourth-order valence-corrected chi connectivity index (χ4v) is 3.07. The number of amides is 1. The Morgan fingerprint density at radius 2 is 2.22 bits per heavy atom. The fourth-order valence-electron chi connectivity index (χ4n) is 2.44. The highest BCUT2D eigenvalue weighted by Gasteiger charge is 2.30. The first-order valence-corrected chi connectivity index (χ1v) is 7.17. The van der Waals surface area contributed by atoms with Crippen molar-refractivity contribution in [1.29, 1.82) is 0 Å². The van der Waals surface area contributed by atoms with Crippen LogP contribution in [0.15, 0.2) is 28.7 Å². The van der Waals surface area contributed by atoms with Crippen molar-refractivity contribution in [1.82, 2.24) is 10.6 Å². The largest absolute Gasteiger partial charge is 0.349 e. The van der Waals surface area contributed by atoms with Gasteiger partial charge in [-0.3, -0.25) is 4.79 Å². The van der Waals surface area contributed by atoms with E-state index in [4.69, 9.17) is 0 Å². The van der Waals surface area contributed by atoms with Gasteiger partial charge in [-0.15, -0.1) is 0 Å². The lowest BCUT2D eigenvalue weighted by atomic mass is 10.00. The van der Waals surface area contributed by atoms with Crippen LogP contribution in [0.4, 0.5) is 0 Å².